The molecule has 202 valence electrons. The summed E-state index contributed by atoms with van der Waals surface area (Å²) in [6, 6.07) is 31.7. The summed E-state index contributed by atoms with van der Waals surface area (Å²) in [7, 11) is 0. The molecule has 0 fully saturated rings. The lowest BCUT2D eigenvalue weighted by Gasteiger charge is -2.14. The zero-order valence-corrected chi connectivity index (χ0v) is 23.3. The average molecular weight is 551 g/mol. The first-order valence-electron chi connectivity index (χ1n) is 13.8. The molecule has 0 radical (unpaired) electrons. The molecule has 0 aliphatic carbocycles. The number of aryl methyl sites for hydroxylation is 1. The molecule has 4 aromatic carbocycles. The molecule has 0 aliphatic heterocycles. The Morgan fingerprint density at radius 3 is 2.33 bits per heavy atom. The van der Waals surface area contributed by atoms with Crippen LogP contribution in [0.2, 0.25) is 5.02 Å². The minimum absolute atomic E-state index is 0.273. The van der Waals surface area contributed by atoms with Gasteiger partial charge in [-0.05, 0) is 73.8 Å². The van der Waals surface area contributed by atoms with Gasteiger partial charge in [-0.3, -0.25) is 4.39 Å². The van der Waals surface area contributed by atoms with E-state index in [1.165, 1.54) is 16.7 Å². The van der Waals surface area contributed by atoms with Crippen LogP contribution in [0.5, 0.6) is 0 Å². The lowest BCUT2D eigenvalue weighted by atomic mass is 10.0. The smallest absolute Gasteiger partial charge is 0.0906 e. The van der Waals surface area contributed by atoms with E-state index in [4.69, 9.17) is 16.7 Å². The van der Waals surface area contributed by atoms with Crippen molar-refractivity contribution in [2.24, 2.45) is 0 Å². The monoisotopic (exact) mass is 550 g/mol. The summed E-state index contributed by atoms with van der Waals surface area (Å²) in [6.07, 6.45) is 3.41. The van der Waals surface area contributed by atoms with Gasteiger partial charge in [-0.15, -0.1) is 0 Å². The van der Waals surface area contributed by atoms with Gasteiger partial charge in [0.2, 0.25) is 0 Å². The van der Waals surface area contributed by atoms with Crippen LogP contribution in [0.4, 0.5) is 4.39 Å². The van der Waals surface area contributed by atoms with Crippen molar-refractivity contribution >= 4 is 33.4 Å². The minimum Gasteiger partial charge on any atom is -0.335 e. The van der Waals surface area contributed by atoms with Crippen LogP contribution in [-0.2, 0) is 13.0 Å². The number of benzene rings is 4. The number of nitrogens with zero attached hydrogens (tertiary/aromatic N) is 3. The van der Waals surface area contributed by atoms with Crippen molar-refractivity contribution in [3.63, 3.8) is 0 Å². The number of nitrogens with one attached hydrogen (secondary N) is 1. The van der Waals surface area contributed by atoms with Crippen molar-refractivity contribution in [1.29, 1.82) is 0 Å². The number of hydrogen-bond donors (Lipinski definition) is 1. The zero-order chi connectivity index (χ0) is 27.5. The SMILES string of the molecule is Cc1ccccc1-c1c(Cl)c2c3cnn(-c4ccccc4)c3ccc2n1Cc1ccc(CCNCCCF)cc1. The molecule has 0 unspecified atom stereocenters. The normalized spacial score (nSPS) is 11.6. The first-order chi connectivity index (χ1) is 19.7. The van der Waals surface area contributed by atoms with Crippen LogP contribution in [-0.4, -0.2) is 34.1 Å². The number of para-hydroxylation sites is 1. The molecule has 6 heteroatoms. The second kappa shape index (κ2) is 11.7. The third kappa shape index (κ3) is 5.03. The van der Waals surface area contributed by atoms with Gasteiger partial charge in [0.1, 0.15) is 0 Å². The first kappa shape index (κ1) is 26.3. The van der Waals surface area contributed by atoms with E-state index in [0.29, 0.717) is 13.0 Å². The van der Waals surface area contributed by atoms with E-state index < -0.39 is 0 Å². The van der Waals surface area contributed by atoms with E-state index in [-0.39, 0.29) is 6.67 Å². The van der Waals surface area contributed by atoms with Crippen molar-refractivity contribution in [2.45, 2.75) is 26.3 Å². The van der Waals surface area contributed by atoms with Crippen LogP contribution in [0.15, 0.2) is 97.2 Å². The lowest BCUT2D eigenvalue weighted by Crippen LogP contribution is -2.18. The van der Waals surface area contributed by atoms with Crippen LogP contribution in [0.3, 0.4) is 0 Å². The number of hydrogen-bond acceptors (Lipinski definition) is 2. The Bertz CT molecular complexity index is 1750. The summed E-state index contributed by atoms with van der Waals surface area (Å²) in [4.78, 5) is 0. The zero-order valence-electron chi connectivity index (χ0n) is 22.6. The summed E-state index contributed by atoms with van der Waals surface area (Å²) in [5.74, 6) is 0. The average Bonchev–Trinajstić information content (AvgIpc) is 3.53. The molecule has 1 N–H and O–H groups in total. The molecule has 2 aromatic heterocycles. The topological polar surface area (TPSA) is 34.8 Å². The van der Waals surface area contributed by atoms with E-state index in [9.17, 15) is 4.39 Å². The number of halogens is 2. The minimum atomic E-state index is -0.273. The Morgan fingerprint density at radius 1 is 0.825 bits per heavy atom. The molecular formula is C34H32ClFN4. The van der Waals surface area contributed by atoms with Crippen molar-refractivity contribution in [2.75, 3.05) is 19.8 Å². The van der Waals surface area contributed by atoms with Crippen molar-refractivity contribution in [3.8, 4) is 16.9 Å². The Labute approximate surface area is 239 Å². The highest BCUT2D eigenvalue weighted by atomic mass is 35.5. The lowest BCUT2D eigenvalue weighted by molar-refractivity contribution is 0.460. The van der Waals surface area contributed by atoms with Crippen molar-refractivity contribution in [3.05, 3.63) is 119 Å². The quantitative estimate of drug-likeness (QED) is 0.175. The van der Waals surface area contributed by atoms with Gasteiger partial charge < -0.3 is 9.88 Å². The fourth-order valence-corrected chi connectivity index (χ4v) is 5.89. The second-order valence-electron chi connectivity index (χ2n) is 10.2. The Hall–Kier alpha value is -3.93. The maximum Gasteiger partial charge on any atom is 0.0906 e. The van der Waals surface area contributed by atoms with Crippen LogP contribution in [0.25, 0.3) is 38.8 Å². The van der Waals surface area contributed by atoms with Gasteiger partial charge >= 0.3 is 0 Å². The van der Waals surface area contributed by atoms with E-state index in [2.05, 4.69) is 89.6 Å². The Kier molecular flexibility index (Phi) is 7.67. The summed E-state index contributed by atoms with van der Waals surface area (Å²) < 4.78 is 16.6. The van der Waals surface area contributed by atoms with Gasteiger partial charge in [0.25, 0.3) is 0 Å². The molecule has 0 saturated carbocycles. The number of alkyl halides is 1. The summed E-state index contributed by atoms with van der Waals surface area (Å²) in [6.45, 7) is 4.12. The van der Waals surface area contributed by atoms with Crippen molar-refractivity contribution < 1.29 is 4.39 Å². The highest BCUT2D eigenvalue weighted by Crippen LogP contribution is 2.42. The fourth-order valence-electron chi connectivity index (χ4n) is 5.49. The molecule has 0 aliphatic rings. The highest BCUT2D eigenvalue weighted by Gasteiger charge is 2.22. The standard InChI is InChI=1S/C34H32ClFN4/c1-24-8-5-6-11-28(24)34-33(35)32-29-22-38-40(27-9-3-2-4-10-27)30(29)16-17-31(32)39(34)23-26-14-12-25(13-15-26)18-21-37-20-7-19-36/h2-6,8-17,22,37H,7,18-21,23H2,1H3. The molecule has 4 nitrogen and oxygen atoms in total. The predicted molar refractivity (Wildman–Crippen MR) is 164 cm³/mol. The fraction of sp³-hybridized carbons (Fsp3) is 0.206. The van der Waals surface area contributed by atoms with E-state index >= 15 is 0 Å². The molecule has 0 saturated heterocycles. The molecule has 6 aromatic rings. The maximum absolute atomic E-state index is 12.3. The summed E-state index contributed by atoms with van der Waals surface area (Å²) >= 11 is 7.30. The third-order valence-electron chi connectivity index (χ3n) is 7.56. The molecule has 0 bridgehead atoms. The molecule has 0 spiro atoms. The molecule has 6 rings (SSSR count). The summed E-state index contributed by atoms with van der Waals surface area (Å²) in [5, 5.41) is 10.9. The molecule has 0 atom stereocenters. The van der Waals surface area contributed by atoms with E-state index in [1.54, 1.807) is 0 Å². The first-order valence-corrected chi connectivity index (χ1v) is 14.2. The van der Waals surface area contributed by atoms with E-state index in [0.717, 1.165) is 63.3 Å². The molecular weight excluding hydrogens is 519 g/mol. The molecule has 2 heterocycles. The van der Waals surface area contributed by atoms with Gasteiger partial charge in [0.05, 0.1) is 40.3 Å². The third-order valence-corrected chi connectivity index (χ3v) is 7.93. The van der Waals surface area contributed by atoms with Crippen LogP contribution < -0.4 is 5.32 Å². The summed E-state index contributed by atoms with van der Waals surface area (Å²) in [5.41, 5.74) is 8.94. The van der Waals surface area contributed by atoms with Gasteiger partial charge in [-0.1, -0.05) is 78.3 Å². The van der Waals surface area contributed by atoms with Gasteiger partial charge in [-0.2, -0.15) is 5.10 Å². The van der Waals surface area contributed by atoms with Crippen LogP contribution in [0.1, 0.15) is 23.1 Å². The largest absolute Gasteiger partial charge is 0.335 e. The molecule has 40 heavy (non-hydrogen) atoms. The predicted octanol–water partition coefficient (Wildman–Crippen LogP) is 8.15. The second-order valence-corrected chi connectivity index (χ2v) is 10.6. The number of rotatable bonds is 10. The highest BCUT2D eigenvalue weighted by molar-refractivity contribution is 6.40. The Morgan fingerprint density at radius 2 is 1.55 bits per heavy atom. The van der Waals surface area contributed by atoms with E-state index in [1.807, 2.05) is 29.1 Å². The maximum atomic E-state index is 12.3. The number of aromatic nitrogens is 3. The van der Waals surface area contributed by atoms with Crippen LogP contribution >= 0.6 is 11.6 Å². The van der Waals surface area contributed by atoms with Gasteiger partial charge in [0, 0.05) is 22.9 Å². The van der Waals surface area contributed by atoms with Gasteiger partial charge in [0.15, 0.2) is 0 Å². The van der Waals surface area contributed by atoms with Crippen molar-refractivity contribution in [1.82, 2.24) is 19.7 Å². The van der Waals surface area contributed by atoms with Crippen LogP contribution in [0, 0.1) is 6.92 Å². The Balaban J connectivity index is 1.42. The molecule has 0 amide bonds. The number of fused-ring (bicyclic) bond motifs is 3. The van der Waals surface area contributed by atoms with Gasteiger partial charge in [-0.25, -0.2) is 4.68 Å².